The Labute approximate surface area is 121 Å². The van der Waals surface area contributed by atoms with Gasteiger partial charge in [0.15, 0.2) is 0 Å². The second-order valence-electron chi connectivity index (χ2n) is 4.79. The molecule has 0 spiro atoms. The van der Waals surface area contributed by atoms with Crippen LogP contribution in [0.5, 0.6) is 0 Å². The number of nitrogens with one attached hydrogen (secondary N) is 1. The quantitative estimate of drug-likeness (QED) is 0.752. The molecule has 0 heterocycles. The highest BCUT2D eigenvalue weighted by Crippen LogP contribution is 2.28. The molecular formula is C14H20F3NOS. The van der Waals surface area contributed by atoms with Gasteiger partial charge in [0.1, 0.15) is 0 Å². The summed E-state index contributed by atoms with van der Waals surface area (Å²) in [5, 5.41) is 12.4. The van der Waals surface area contributed by atoms with Crippen molar-refractivity contribution in [3.63, 3.8) is 0 Å². The van der Waals surface area contributed by atoms with Gasteiger partial charge in [-0.25, -0.2) is 0 Å². The van der Waals surface area contributed by atoms with Crippen LogP contribution in [0.3, 0.4) is 0 Å². The molecule has 2 unspecified atom stereocenters. The summed E-state index contributed by atoms with van der Waals surface area (Å²) in [6, 6.07) is 7.18. The molecule has 2 N–H and O–H groups in total. The molecule has 0 fully saturated rings. The van der Waals surface area contributed by atoms with Gasteiger partial charge in [0, 0.05) is 10.9 Å². The zero-order valence-electron chi connectivity index (χ0n) is 11.6. The lowest BCUT2D eigenvalue weighted by molar-refractivity contribution is -0.105. The number of hydrogen-bond donors (Lipinski definition) is 2. The number of benzene rings is 1. The van der Waals surface area contributed by atoms with E-state index in [1.807, 2.05) is 19.1 Å². The van der Waals surface area contributed by atoms with E-state index in [9.17, 15) is 13.2 Å². The van der Waals surface area contributed by atoms with E-state index in [1.54, 1.807) is 19.1 Å². The Bertz CT molecular complexity index is 392. The zero-order chi connectivity index (χ0) is 15.2. The van der Waals surface area contributed by atoms with Gasteiger partial charge in [0.2, 0.25) is 0 Å². The minimum atomic E-state index is -4.14. The Morgan fingerprint density at radius 2 is 1.80 bits per heavy atom. The van der Waals surface area contributed by atoms with Gasteiger partial charge >= 0.3 is 6.18 Å². The van der Waals surface area contributed by atoms with Crippen molar-refractivity contribution in [2.45, 2.75) is 43.5 Å². The Morgan fingerprint density at radius 3 is 2.30 bits per heavy atom. The second kappa shape index (κ2) is 7.90. The molecule has 2 atom stereocenters. The van der Waals surface area contributed by atoms with Gasteiger partial charge in [-0.2, -0.15) is 13.2 Å². The molecule has 2 nitrogen and oxygen atoms in total. The number of thioether (sulfide) groups is 1. The fourth-order valence-electron chi connectivity index (χ4n) is 1.64. The van der Waals surface area contributed by atoms with E-state index < -0.39 is 11.9 Å². The fourth-order valence-corrected chi connectivity index (χ4v) is 2.30. The maximum Gasteiger partial charge on any atom is 0.398 e. The molecule has 1 aromatic carbocycles. The van der Waals surface area contributed by atoms with Crippen LogP contribution >= 0.6 is 11.8 Å². The van der Waals surface area contributed by atoms with Crippen LogP contribution in [-0.4, -0.2) is 29.7 Å². The molecule has 0 aliphatic rings. The molecule has 20 heavy (non-hydrogen) atoms. The van der Waals surface area contributed by atoms with Gasteiger partial charge in [0.25, 0.3) is 0 Å². The lowest BCUT2D eigenvalue weighted by Gasteiger charge is -2.15. The molecule has 0 amide bonds. The van der Waals surface area contributed by atoms with Crippen molar-refractivity contribution in [2.75, 3.05) is 12.3 Å². The third kappa shape index (κ3) is 7.17. The number of halogens is 3. The summed E-state index contributed by atoms with van der Waals surface area (Å²) in [4.78, 5) is 0.613. The van der Waals surface area contributed by atoms with E-state index in [2.05, 4.69) is 5.32 Å². The fraction of sp³-hybridized carbons (Fsp3) is 0.571. The molecule has 0 radical (unpaired) electrons. The highest BCUT2D eigenvalue weighted by atomic mass is 32.2. The largest absolute Gasteiger partial charge is 0.398 e. The smallest absolute Gasteiger partial charge is 0.393 e. The van der Waals surface area contributed by atoms with Gasteiger partial charge in [-0.15, -0.1) is 11.8 Å². The second-order valence-corrected chi connectivity index (χ2v) is 5.84. The van der Waals surface area contributed by atoms with E-state index in [0.29, 0.717) is 17.9 Å². The summed E-state index contributed by atoms with van der Waals surface area (Å²) in [6.07, 6.45) is -3.81. The van der Waals surface area contributed by atoms with Crippen LogP contribution in [-0.2, 0) is 0 Å². The van der Waals surface area contributed by atoms with E-state index >= 15 is 0 Å². The summed E-state index contributed by atoms with van der Waals surface area (Å²) in [7, 11) is 0. The van der Waals surface area contributed by atoms with Crippen molar-refractivity contribution in [2.24, 2.45) is 0 Å². The molecule has 0 saturated heterocycles. The van der Waals surface area contributed by atoms with Crippen LogP contribution in [0.15, 0.2) is 29.2 Å². The minimum Gasteiger partial charge on any atom is -0.393 e. The molecule has 1 aromatic rings. The third-order valence-electron chi connectivity index (χ3n) is 2.80. The van der Waals surface area contributed by atoms with Crippen molar-refractivity contribution in [3.8, 4) is 0 Å². The Kier molecular flexibility index (Phi) is 6.85. The lowest BCUT2D eigenvalue weighted by atomic mass is 10.1. The summed E-state index contributed by atoms with van der Waals surface area (Å²) in [6.45, 7) is 4.42. The van der Waals surface area contributed by atoms with Gasteiger partial charge in [0.05, 0.1) is 11.9 Å². The molecule has 0 aliphatic carbocycles. The van der Waals surface area contributed by atoms with Crippen molar-refractivity contribution < 1.29 is 18.3 Å². The number of alkyl halides is 3. The maximum atomic E-state index is 12.1. The Morgan fingerprint density at radius 1 is 1.20 bits per heavy atom. The standard InChI is InChI=1S/C14H20F3NOS/c1-10(19)7-8-18-11(2)12-3-5-13(6-4-12)20-9-14(15,16)17/h3-6,10-11,18-19H,7-9H2,1-2H3. The van der Waals surface area contributed by atoms with Crippen LogP contribution in [0.2, 0.25) is 0 Å². The summed E-state index contributed by atoms with van der Waals surface area (Å²) in [5.74, 6) is -0.867. The average molecular weight is 307 g/mol. The summed E-state index contributed by atoms with van der Waals surface area (Å²) < 4.78 is 36.3. The summed E-state index contributed by atoms with van der Waals surface area (Å²) >= 11 is 0.791. The molecule has 6 heteroatoms. The monoisotopic (exact) mass is 307 g/mol. The zero-order valence-corrected chi connectivity index (χ0v) is 12.4. The van der Waals surface area contributed by atoms with E-state index in [-0.39, 0.29) is 12.1 Å². The van der Waals surface area contributed by atoms with Crippen LogP contribution < -0.4 is 5.32 Å². The molecule has 0 saturated carbocycles. The molecular weight excluding hydrogens is 287 g/mol. The molecule has 114 valence electrons. The van der Waals surface area contributed by atoms with Gasteiger partial charge < -0.3 is 10.4 Å². The first-order valence-corrected chi connectivity index (χ1v) is 7.47. The molecule has 0 aliphatic heterocycles. The van der Waals surface area contributed by atoms with Crippen molar-refractivity contribution >= 4 is 11.8 Å². The topological polar surface area (TPSA) is 32.3 Å². The highest BCUT2D eigenvalue weighted by molar-refractivity contribution is 7.99. The molecule has 0 bridgehead atoms. The van der Waals surface area contributed by atoms with E-state index in [1.165, 1.54) is 0 Å². The number of hydrogen-bond acceptors (Lipinski definition) is 3. The summed E-state index contributed by atoms with van der Waals surface area (Å²) in [5.41, 5.74) is 1.02. The third-order valence-corrected chi connectivity index (χ3v) is 3.87. The van der Waals surface area contributed by atoms with E-state index in [4.69, 9.17) is 5.11 Å². The molecule has 1 rings (SSSR count). The van der Waals surface area contributed by atoms with Crippen molar-refractivity contribution in [1.82, 2.24) is 5.32 Å². The van der Waals surface area contributed by atoms with Crippen molar-refractivity contribution in [3.05, 3.63) is 29.8 Å². The molecule has 0 aromatic heterocycles. The number of aliphatic hydroxyl groups excluding tert-OH is 1. The van der Waals surface area contributed by atoms with Crippen LogP contribution in [0.25, 0.3) is 0 Å². The Hall–Kier alpha value is -0.720. The average Bonchev–Trinajstić information content (AvgIpc) is 2.35. The van der Waals surface area contributed by atoms with Gasteiger partial charge in [-0.3, -0.25) is 0 Å². The SMILES string of the molecule is CC(O)CCNC(C)c1ccc(SCC(F)(F)F)cc1. The van der Waals surface area contributed by atoms with Gasteiger partial charge in [-0.05, 0) is 44.5 Å². The minimum absolute atomic E-state index is 0.107. The van der Waals surface area contributed by atoms with Crippen LogP contribution in [0, 0.1) is 0 Å². The van der Waals surface area contributed by atoms with Crippen molar-refractivity contribution in [1.29, 1.82) is 0 Å². The predicted molar refractivity (Wildman–Crippen MR) is 75.9 cm³/mol. The van der Waals surface area contributed by atoms with E-state index in [0.717, 1.165) is 17.3 Å². The van der Waals surface area contributed by atoms with Gasteiger partial charge in [-0.1, -0.05) is 12.1 Å². The predicted octanol–water partition coefficient (Wildman–Crippen LogP) is 3.76. The normalized spacial score (nSPS) is 15.1. The first kappa shape index (κ1) is 17.3. The lowest BCUT2D eigenvalue weighted by Crippen LogP contribution is -2.22. The van der Waals surface area contributed by atoms with Crippen LogP contribution in [0.4, 0.5) is 13.2 Å². The first-order chi connectivity index (χ1) is 9.28. The first-order valence-electron chi connectivity index (χ1n) is 6.49. The highest BCUT2D eigenvalue weighted by Gasteiger charge is 2.27. The Balaban J connectivity index is 2.45. The number of rotatable bonds is 7. The van der Waals surface area contributed by atoms with Crippen LogP contribution in [0.1, 0.15) is 31.9 Å². The maximum absolute atomic E-state index is 12.1. The number of aliphatic hydroxyl groups is 1.